The average molecular weight is 342 g/mol. The highest BCUT2D eigenvalue weighted by atomic mass is 19.1. The molecule has 0 radical (unpaired) electrons. The van der Waals surface area contributed by atoms with E-state index in [2.05, 4.69) is 10.6 Å². The highest BCUT2D eigenvalue weighted by Gasteiger charge is 2.25. The van der Waals surface area contributed by atoms with Crippen LogP contribution in [0.2, 0.25) is 0 Å². The molecular formula is C20H23FN2O2. The van der Waals surface area contributed by atoms with Crippen molar-refractivity contribution in [1.29, 1.82) is 0 Å². The predicted molar refractivity (Wildman–Crippen MR) is 94.6 cm³/mol. The van der Waals surface area contributed by atoms with Gasteiger partial charge in [-0.1, -0.05) is 36.4 Å². The third kappa shape index (κ3) is 4.37. The molecular weight excluding hydrogens is 319 g/mol. The maximum atomic E-state index is 13.5. The molecule has 5 heteroatoms. The van der Waals surface area contributed by atoms with Crippen molar-refractivity contribution in [2.24, 2.45) is 0 Å². The van der Waals surface area contributed by atoms with Gasteiger partial charge in [-0.2, -0.15) is 0 Å². The Hall–Kier alpha value is -2.40. The number of hydrogen-bond donors (Lipinski definition) is 3. The van der Waals surface area contributed by atoms with E-state index in [1.54, 1.807) is 6.07 Å². The minimum absolute atomic E-state index is 0.0852. The van der Waals surface area contributed by atoms with Crippen LogP contribution in [0.4, 0.5) is 9.18 Å². The molecule has 0 fully saturated rings. The Morgan fingerprint density at radius 2 is 2.04 bits per heavy atom. The molecule has 132 valence electrons. The average Bonchev–Trinajstić information content (AvgIpc) is 3.01. The van der Waals surface area contributed by atoms with E-state index >= 15 is 0 Å². The van der Waals surface area contributed by atoms with Gasteiger partial charge in [-0.15, -0.1) is 0 Å². The maximum absolute atomic E-state index is 13.5. The molecule has 0 aromatic heterocycles. The molecule has 2 unspecified atom stereocenters. The summed E-state index contributed by atoms with van der Waals surface area (Å²) in [6, 6.07) is 13.9. The zero-order chi connectivity index (χ0) is 17.6. The summed E-state index contributed by atoms with van der Waals surface area (Å²) in [5, 5.41) is 15.0. The molecule has 2 amide bonds. The Morgan fingerprint density at radius 3 is 2.80 bits per heavy atom. The maximum Gasteiger partial charge on any atom is 0.315 e. The van der Waals surface area contributed by atoms with Crippen molar-refractivity contribution in [3.05, 3.63) is 71.0 Å². The van der Waals surface area contributed by atoms with Crippen molar-refractivity contribution < 1.29 is 14.3 Å². The Kier molecular flexibility index (Phi) is 5.66. The summed E-state index contributed by atoms with van der Waals surface area (Å²) in [5.74, 6) is -0.280. The molecule has 0 heterocycles. The van der Waals surface area contributed by atoms with Crippen molar-refractivity contribution in [1.82, 2.24) is 10.6 Å². The number of hydrogen-bond acceptors (Lipinski definition) is 2. The van der Waals surface area contributed by atoms with E-state index in [0.29, 0.717) is 12.8 Å². The van der Waals surface area contributed by atoms with Crippen LogP contribution in [0.3, 0.4) is 0 Å². The number of benzene rings is 2. The quantitative estimate of drug-likeness (QED) is 0.751. The summed E-state index contributed by atoms with van der Waals surface area (Å²) < 4.78 is 13.5. The van der Waals surface area contributed by atoms with Gasteiger partial charge in [0, 0.05) is 6.61 Å². The first-order valence-corrected chi connectivity index (χ1v) is 8.68. The zero-order valence-electron chi connectivity index (χ0n) is 14.0. The number of aliphatic hydroxyl groups is 1. The van der Waals surface area contributed by atoms with E-state index in [1.165, 1.54) is 12.1 Å². The van der Waals surface area contributed by atoms with E-state index in [1.807, 2.05) is 30.3 Å². The predicted octanol–water partition coefficient (Wildman–Crippen LogP) is 3.63. The highest BCUT2D eigenvalue weighted by molar-refractivity contribution is 5.75. The first kappa shape index (κ1) is 17.4. The van der Waals surface area contributed by atoms with Crippen molar-refractivity contribution in [3.8, 4) is 0 Å². The fourth-order valence-corrected chi connectivity index (χ4v) is 3.38. The van der Waals surface area contributed by atoms with Crippen LogP contribution in [0, 0.1) is 5.82 Å². The van der Waals surface area contributed by atoms with Gasteiger partial charge in [0.25, 0.3) is 0 Å². The van der Waals surface area contributed by atoms with E-state index in [4.69, 9.17) is 5.11 Å². The Morgan fingerprint density at radius 1 is 1.24 bits per heavy atom. The third-order valence-electron chi connectivity index (χ3n) is 4.65. The lowest BCUT2D eigenvalue weighted by atomic mass is 10.0. The molecule has 0 aliphatic heterocycles. The normalized spacial score (nSPS) is 17.0. The minimum atomic E-state index is -0.280. The second kappa shape index (κ2) is 8.12. The van der Waals surface area contributed by atoms with E-state index in [9.17, 15) is 9.18 Å². The summed E-state index contributed by atoms with van der Waals surface area (Å²) in [6.07, 6.45) is 2.88. The summed E-state index contributed by atoms with van der Waals surface area (Å²) in [5.41, 5.74) is 2.96. The molecule has 0 bridgehead atoms. The lowest BCUT2D eigenvalue weighted by Crippen LogP contribution is -2.39. The van der Waals surface area contributed by atoms with Gasteiger partial charge >= 0.3 is 6.03 Å². The first-order valence-electron chi connectivity index (χ1n) is 8.68. The van der Waals surface area contributed by atoms with E-state index in [-0.39, 0.29) is 30.5 Å². The van der Waals surface area contributed by atoms with Crippen molar-refractivity contribution in [2.45, 2.75) is 37.8 Å². The number of urea groups is 1. The SMILES string of the molecule is O=C(NC(CCCO)c1ccccc1)NC1CCc2ccc(F)cc21. The number of amides is 2. The Bertz CT molecular complexity index is 721. The van der Waals surface area contributed by atoms with Gasteiger partial charge in [0.1, 0.15) is 5.82 Å². The van der Waals surface area contributed by atoms with Gasteiger partial charge in [-0.25, -0.2) is 9.18 Å². The molecule has 3 N–H and O–H groups in total. The number of carbonyl (C=O) groups is 1. The molecule has 1 aliphatic rings. The van der Waals surface area contributed by atoms with Crippen LogP contribution in [0.5, 0.6) is 0 Å². The van der Waals surface area contributed by atoms with Gasteiger partial charge in [-0.05, 0) is 54.5 Å². The monoisotopic (exact) mass is 342 g/mol. The molecule has 4 nitrogen and oxygen atoms in total. The molecule has 0 spiro atoms. The first-order chi connectivity index (χ1) is 12.2. The second-order valence-corrected chi connectivity index (χ2v) is 6.38. The second-order valence-electron chi connectivity index (χ2n) is 6.38. The minimum Gasteiger partial charge on any atom is -0.396 e. The number of fused-ring (bicyclic) bond motifs is 1. The van der Waals surface area contributed by atoms with Gasteiger partial charge in [-0.3, -0.25) is 0 Å². The molecule has 2 aromatic rings. The van der Waals surface area contributed by atoms with Crippen LogP contribution in [0.1, 0.15) is 48.0 Å². The fourth-order valence-electron chi connectivity index (χ4n) is 3.38. The molecule has 0 saturated heterocycles. The number of rotatable bonds is 6. The molecule has 2 atom stereocenters. The number of aryl methyl sites for hydroxylation is 1. The topological polar surface area (TPSA) is 61.4 Å². The summed E-state index contributed by atoms with van der Waals surface area (Å²) in [4.78, 5) is 12.5. The van der Waals surface area contributed by atoms with E-state index < -0.39 is 0 Å². The third-order valence-corrected chi connectivity index (χ3v) is 4.65. The Balaban J connectivity index is 1.66. The van der Waals surface area contributed by atoms with Gasteiger partial charge in [0.05, 0.1) is 12.1 Å². The van der Waals surface area contributed by atoms with Crippen molar-refractivity contribution >= 4 is 6.03 Å². The summed E-state index contributed by atoms with van der Waals surface area (Å²) in [6.45, 7) is 0.0852. The molecule has 3 rings (SSSR count). The van der Waals surface area contributed by atoms with Crippen LogP contribution in [-0.4, -0.2) is 17.7 Å². The lowest BCUT2D eigenvalue weighted by molar-refractivity contribution is 0.229. The van der Waals surface area contributed by atoms with Crippen molar-refractivity contribution in [3.63, 3.8) is 0 Å². The van der Waals surface area contributed by atoms with Gasteiger partial charge < -0.3 is 15.7 Å². The van der Waals surface area contributed by atoms with Crippen LogP contribution < -0.4 is 10.6 Å². The van der Waals surface area contributed by atoms with Crippen LogP contribution in [-0.2, 0) is 6.42 Å². The van der Waals surface area contributed by atoms with E-state index in [0.717, 1.165) is 29.5 Å². The number of nitrogens with one attached hydrogen (secondary N) is 2. The van der Waals surface area contributed by atoms with Crippen LogP contribution in [0.15, 0.2) is 48.5 Å². The van der Waals surface area contributed by atoms with Crippen LogP contribution >= 0.6 is 0 Å². The standard InChI is InChI=1S/C20H23FN2O2/c21-16-10-8-14-9-11-19(17(14)13-16)23-20(25)22-18(7-4-12-24)15-5-2-1-3-6-15/h1-3,5-6,8,10,13,18-19,24H,4,7,9,11-12H2,(H2,22,23,25). The zero-order valence-corrected chi connectivity index (χ0v) is 14.0. The molecule has 0 saturated carbocycles. The summed E-state index contributed by atoms with van der Waals surface area (Å²) >= 11 is 0. The molecule has 25 heavy (non-hydrogen) atoms. The summed E-state index contributed by atoms with van der Waals surface area (Å²) in [7, 11) is 0. The van der Waals surface area contributed by atoms with Crippen LogP contribution in [0.25, 0.3) is 0 Å². The highest BCUT2D eigenvalue weighted by Crippen LogP contribution is 2.31. The molecule has 2 aromatic carbocycles. The number of halogens is 1. The van der Waals surface area contributed by atoms with Gasteiger partial charge in [0.15, 0.2) is 0 Å². The number of carbonyl (C=O) groups excluding carboxylic acids is 1. The van der Waals surface area contributed by atoms with Gasteiger partial charge in [0.2, 0.25) is 0 Å². The Labute approximate surface area is 147 Å². The lowest BCUT2D eigenvalue weighted by Gasteiger charge is -2.21. The molecule has 1 aliphatic carbocycles. The van der Waals surface area contributed by atoms with Crippen molar-refractivity contribution in [2.75, 3.05) is 6.61 Å². The smallest absolute Gasteiger partial charge is 0.315 e. The number of aliphatic hydroxyl groups excluding tert-OH is 1. The fraction of sp³-hybridized carbons (Fsp3) is 0.350. The largest absolute Gasteiger partial charge is 0.396 e.